The molecule has 0 radical (unpaired) electrons. The average molecular weight is 219 g/mol. The van der Waals surface area contributed by atoms with E-state index in [0.717, 1.165) is 0 Å². The largest absolute Gasteiger partial charge is 0.330 e. The topological polar surface area (TPSA) is 69.2 Å². The fourth-order valence-corrected chi connectivity index (χ4v) is 1.29. The molecule has 4 nitrogen and oxygen atoms in total. The molecule has 0 atom stereocenters. The van der Waals surface area contributed by atoms with E-state index in [0.29, 0.717) is 0 Å². The van der Waals surface area contributed by atoms with E-state index in [4.69, 9.17) is 17.3 Å². The molecular formula is C8H8ClFN2O2. The average Bonchev–Trinajstić information content (AvgIpc) is 2.11. The maximum Gasteiger partial charge on any atom is 0.309 e. The zero-order valence-electron chi connectivity index (χ0n) is 7.17. The van der Waals surface area contributed by atoms with Crippen molar-refractivity contribution >= 4 is 17.3 Å². The summed E-state index contributed by atoms with van der Waals surface area (Å²) in [4.78, 5) is 9.75. The maximum atomic E-state index is 13.2. The second-order valence-corrected chi connectivity index (χ2v) is 3.07. The van der Waals surface area contributed by atoms with Gasteiger partial charge in [0.25, 0.3) is 0 Å². The van der Waals surface area contributed by atoms with Gasteiger partial charge in [0.2, 0.25) is 5.82 Å². The number of rotatable bonds is 3. The highest BCUT2D eigenvalue weighted by molar-refractivity contribution is 6.31. The van der Waals surface area contributed by atoms with E-state index >= 15 is 0 Å². The molecule has 76 valence electrons. The summed E-state index contributed by atoms with van der Waals surface area (Å²) in [6, 6.07) is 2.70. The second-order valence-electron chi connectivity index (χ2n) is 2.66. The molecule has 0 aliphatic heterocycles. The molecule has 1 aromatic rings. The van der Waals surface area contributed by atoms with Gasteiger partial charge in [-0.25, -0.2) is 0 Å². The predicted molar refractivity (Wildman–Crippen MR) is 50.8 cm³/mol. The molecule has 1 aromatic carbocycles. The van der Waals surface area contributed by atoms with E-state index in [-0.39, 0.29) is 23.6 Å². The minimum absolute atomic E-state index is 0.224. The predicted octanol–water partition coefficient (Wildman–Crippen LogP) is 1.89. The number of benzene rings is 1. The van der Waals surface area contributed by atoms with Gasteiger partial charge in [-0.15, -0.1) is 0 Å². The van der Waals surface area contributed by atoms with Crippen LogP contribution in [0.4, 0.5) is 10.1 Å². The van der Waals surface area contributed by atoms with Crippen LogP contribution < -0.4 is 5.73 Å². The van der Waals surface area contributed by atoms with Crippen molar-refractivity contribution in [2.45, 2.75) is 6.42 Å². The fraction of sp³-hybridized carbons (Fsp3) is 0.250. The van der Waals surface area contributed by atoms with Crippen LogP contribution in [0.5, 0.6) is 0 Å². The van der Waals surface area contributed by atoms with Crippen molar-refractivity contribution in [3.63, 3.8) is 0 Å². The third-order valence-corrected chi connectivity index (χ3v) is 2.04. The van der Waals surface area contributed by atoms with E-state index in [2.05, 4.69) is 0 Å². The third kappa shape index (κ3) is 2.00. The van der Waals surface area contributed by atoms with Crippen LogP contribution in [-0.2, 0) is 6.42 Å². The quantitative estimate of drug-likeness (QED) is 0.622. The summed E-state index contributed by atoms with van der Waals surface area (Å²) in [5.41, 5.74) is 4.92. The molecule has 0 amide bonds. The summed E-state index contributed by atoms with van der Waals surface area (Å²) in [6.45, 7) is 0.224. The zero-order valence-corrected chi connectivity index (χ0v) is 7.92. The summed E-state index contributed by atoms with van der Waals surface area (Å²) >= 11 is 5.42. The van der Waals surface area contributed by atoms with Crippen molar-refractivity contribution in [3.8, 4) is 0 Å². The van der Waals surface area contributed by atoms with Gasteiger partial charge in [-0.3, -0.25) is 10.1 Å². The first-order valence-electron chi connectivity index (χ1n) is 3.89. The van der Waals surface area contributed by atoms with Gasteiger partial charge < -0.3 is 5.73 Å². The molecule has 0 aliphatic carbocycles. The van der Waals surface area contributed by atoms with Crippen LogP contribution >= 0.6 is 11.6 Å². The van der Waals surface area contributed by atoms with Crippen LogP contribution in [-0.4, -0.2) is 11.5 Å². The molecule has 2 N–H and O–H groups in total. The second kappa shape index (κ2) is 4.34. The minimum atomic E-state index is -0.998. The lowest BCUT2D eigenvalue weighted by Gasteiger charge is -2.02. The number of halogens is 2. The summed E-state index contributed by atoms with van der Waals surface area (Å²) in [5.74, 6) is -0.998. The Balaban J connectivity index is 3.30. The van der Waals surface area contributed by atoms with E-state index in [1.54, 1.807) is 0 Å². The Kier molecular flexibility index (Phi) is 3.38. The third-order valence-electron chi connectivity index (χ3n) is 1.75. The molecule has 0 aromatic heterocycles. The molecule has 0 fully saturated rings. The number of nitrogens with two attached hydrogens (primary N) is 1. The Hall–Kier alpha value is -1.20. The van der Waals surface area contributed by atoms with Crippen LogP contribution in [0.3, 0.4) is 0 Å². The Morgan fingerprint density at radius 3 is 2.71 bits per heavy atom. The van der Waals surface area contributed by atoms with Crippen molar-refractivity contribution in [2.75, 3.05) is 6.54 Å². The van der Waals surface area contributed by atoms with Gasteiger partial charge in [0.1, 0.15) is 0 Å². The standard InChI is InChI=1S/C8H8ClFN2O2/c9-6-2-1-5(3-4-11)8(7(6)10)12(13)14/h1-2H,3-4,11H2. The fourth-order valence-electron chi connectivity index (χ4n) is 1.13. The lowest BCUT2D eigenvalue weighted by molar-refractivity contribution is -0.388. The van der Waals surface area contributed by atoms with E-state index in [1.807, 2.05) is 0 Å². The van der Waals surface area contributed by atoms with Crippen molar-refractivity contribution in [2.24, 2.45) is 5.73 Å². The number of nitro benzene ring substituents is 1. The molecule has 0 aliphatic rings. The number of hydrogen-bond donors (Lipinski definition) is 1. The van der Waals surface area contributed by atoms with Gasteiger partial charge >= 0.3 is 5.69 Å². The summed E-state index contributed by atoms with van der Waals surface area (Å²) in [6.07, 6.45) is 0.254. The van der Waals surface area contributed by atoms with Crippen molar-refractivity contribution in [3.05, 3.63) is 38.7 Å². The molecule has 0 unspecified atom stereocenters. The number of hydrogen-bond acceptors (Lipinski definition) is 3. The highest BCUT2D eigenvalue weighted by Crippen LogP contribution is 2.28. The Bertz CT molecular complexity index is 371. The van der Waals surface area contributed by atoms with Crippen molar-refractivity contribution < 1.29 is 9.31 Å². The zero-order chi connectivity index (χ0) is 10.7. The highest BCUT2D eigenvalue weighted by Gasteiger charge is 2.21. The Labute approximate surface area is 84.6 Å². The SMILES string of the molecule is NCCc1ccc(Cl)c(F)c1[N+](=O)[O-]. The van der Waals surface area contributed by atoms with Crippen LogP contribution in [0.15, 0.2) is 12.1 Å². The summed E-state index contributed by atoms with van der Waals surface area (Å²) in [5, 5.41) is 10.3. The van der Waals surface area contributed by atoms with E-state index < -0.39 is 16.4 Å². The van der Waals surface area contributed by atoms with E-state index in [1.165, 1.54) is 12.1 Å². The highest BCUT2D eigenvalue weighted by atomic mass is 35.5. The monoisotopic (exact) mass is 218 g/mol. The van der Waals surface area contributed by atoms with Gasteiger partial charge in [-0.2, -0.15) is 4.39 Å². The molecule has 6 heteroatoms. The smallest absolute Gasteiger partial charge is 0.309 e. The molecule has 0 saturated carbocycles. The van der Waals surface area contributed by atoms with Gasteiger partial charge in [-0.05, 0) is 19.0 Å². The van der Waals surface area contributed by atoms with Crippen LogP contribution in [0.2, 0.25) is 5.02 Å². The first-order valence-corrected chi connectivity index (χ1v) is 4.27. The van der Waals surface area contributed by atoms with Crippen molar-refractivity contribution in [1.82, 2.24) is 0 Å². The van der Waals surface area contributed by atoms with Gasteiger partial charge in [0, 0.05) is 5.56 Å². The molecule has 1 rings (SSSR count). The maximum absolute atomic E-state index is 13.2. The first kappa shape index (κ1) is 10.9. The molecule has 14 heavy (non-hydrogen) atoms. The normalized spacial score (nSPS) is 10.2. The molecule has 0 bridgehead atoms. The summed E-state index contributed by atoms with van der Waals surface area (Å²) < 4.78 is 13.2. The summed E-state index contributed by atoms with van der Waals surface area (Å²) in [7, 11) is 0. The van der Waals surface area contributed by atoms with Crippen LogP contribution in [0.25, 0.3) is 0 Å². The number of nitrogens with zero attached hydrogens (tertiary/aromatic N) is 1. The van der Waals surface area contributed by atoms with Gasteiger partial charge in [-0.1, -0.05) is 17.7 Å². The van der Waals surface area contributed by atoms with Gasteiger partial charge in [0.05, 0.1) is 9.95 Å². The Morgan fingerprint density at radius 2 is 2.21 bits per heavy atom. The van der Waals surface area contributed by atoms with E-state index in [9.17, 15) is 14.5 Å². The minimum Gasteiger partial charge on any atom is -0.330 e. The number of nitro groups is 1. The molecular weight excluding hydrogens is 211 g/mol. The lowest BCUT2D eigenvalue weighted by atomic mass is 10.1. The molecule has 0 saturated heterocycles. The lowest BCUT2D eigenvalue weighted by Crippen LogP contribution is -2.06. The first-order chi connectivity index (χ1) is 6.57. The van der Waals surface area contributed by atoms with Crippen LogP contribution in [0, 0.1) is 15.9 Å². The Morgan fingerprint density at radius 1 is 1.57 bits per heavy atom. The van der Waals surface area contributed by atoms with Crippen molar-refractivity contribution in [1.29, 1.82) is 0 Å². The molecule has 0 heterocycles. The van der Waals surface area contributed by atoms with Gasteiger partial charge in [0.15, 0.2) is 0 Å². The molecule has 0 spiro atoms. The van der Waals surface area contributed by atoms with Crippen LogP contribution in [0.1, 0.15) is 5.56 Å².